The maximum Gasteiger partial charge on any atom is 0.209 e. The van der Waals surface area contributed by atoms with Crippen LogP contribution in [0.25, 0.3) is 0 Å². The van der Waals surface area contributed by atoms with Crippen LogP contribution in [0.1, 0.15) is 0 Å². The molecule has 13 heavy (non-hydrogen) atoms. The molecule has 2 aliphatic rings. The lowest BCUT2D eigenvalue weighted by atomic mass is 9.78. The number of hydrogen-bond donors (Lipinski definition) is 0. The number of nitrogens with zero attached hydrogens (tertiary/aromatic N) is 3. The van der Waals surface area contributed by atoms with E-state index in [1.807, 2.05) is 0 Å². The van der Waals surface area contributed by atoms with Crippen molar-refractivity contribution in [1.29, 1.82) is 0 Å². The van der Waals surface area contributed by atoms with E-state index in [0.29, 0.717) is 5.41 Å². The molecule has 3 rings (SSSR count). The highest BCUT2D eigenvalue weighted by Gasteiger charge is 2.49. The Morgan fingerprint density at radius 1 is 1.38 bits per heavy atom. The molecular weight excluding hydrogens is 254 g/mol. The molecule has 3 heterocycles. The average molecular weight is 262 g/mol. The summed E-state index contributed by atoms with van der Waals surface area (Å²) in [6.07, 6.45) is 0. The van der Waals surface area contributed by atoms with Gasteiger partial charge in [0.15, 0.2) is 3.92 Å². The van der Waals surface area contributed by atoms with Gasteiger partial charge in [-0.25, -0.2) is 0 Å². The van der Waals surface area contributed by atoms with E-state index in [9.17, 15) is 0 Å². The van der Waals surface area contributed by atoms with Gasteiger partial charge in [0.2, 0.25) is 5.13 Å². The summed E-state index contributed by atoms with van der Waals surface area (Å²) in [6.45, 7) is 4.00. The summed E-state index contributed by atoms with van der Waals surface area (Å²) >= 11 is 4.89. The lowest BCUT2D eigenvalue weighted by molar-refractivity contribution is -0.127. The van der Waals surface area contributed by atoms with Gasteiger partial charge in [-0.2, -0.15) is 0 Å². The van der Waals surface area contributed by atoms with Crippen LogP contribution in [0.5, 0.6) is 0 Å². The molecule has 0 amide bonds. The van der Waals surface area contributed by atoms with Crippen molar-refractivity contribution in [1.82, 2.24) is 10.2 Å². The van der Waals surface area contributed by atoms with E-state index < -0.39 is 0 Å². The summed E-state index contributed by atoms with van der Waals surface area (Å²) in [6, 6.07) is 0. The van der Waals surface area contributed by atoms with Crippen molar-refractivity contribution in [3.8, 4) is 0 Å². The Hall–Kier alpha value is -0.200. The quantitative estimate of drug-likeness (QED) is 0.760. The van der Waals surface area contributed by atoms with E-state index in [0.717, 1.165) is 35.4 Å². The van der Waals surface area contributed by atoms with E-state index in [-0.39, 0.29) is 0 Å². The minimum absolute atomic E-state index is 0.456. The molecule has 0 radical (unpaired) electrons. The molecule has 0 saturated carbocycles. The van der Waals surface area contributed by atoms with Gasteiger partial charge in [-0.3, -0.25) is 0 Å². The summed E-state index contributed by atoms with van der Waals surface area (Å²) in [5.74, 6) is 0. The molecule has 0 aliphatic carbocycles. The third-order valence-corrected chi connectivity index (χ3v) is 3.95. The molecule has 1 spiro atoms. The Balaban J connectivity index is 1.70. The van der Waals surface area contributed by atoms with Crippen molar-refractivity contribution in [2.75, 3.05) is 31.2 Å². The number of rotatable bonds is 1. The first-order valence-electron chi connectivity index (χ1n) is 4.09. The summed E-state index contributed by atoms with van der Waals surface area (Å²) in [4.78, 5) is 2.25. The Labute approximate surface area is 88.0 Å². The zero-order valence-electron chi connectivity index (χ0n) is 6.86. The standard InChI is InChI=1S/C7H8BrN3OS/c8-5-9-10-6(13-5)11-1-7(2-11)3-12-4-7/h1-4H2. The van der Waals surface area contributed by atoms with Crippen LogP contribution in [0.4, 0.5) is 5.13 Å². The van der Waals surface area contributed by atoms with Crippen molar-refractivity contribution in [3.05, 3.63) is 3.92 Å². The van der Waals surface area contributed by atoms with E-state index in [4.69, 9.17) is 4.74 Å². The first-order chi connectivity index (χ1) is 6.27. The molecule has 2 saturated heterocycles. The highest BCUT2D eigenvalue weighted by molar-refractivity contribution is 9.11. The monoisotopic (exact) mass is 261 g/mol. The molecule has 2 fully saturated rings. The van der Waals surface area contributed by atoms with Gasteiger partial charge in [-0.15, -0.1) is 10.2 Å². The molecule has 0 bridgehead atoms. The predicted octanol–water partition coefficient (Wildman–Crippen LogP) is 1.14. The summed E-state index contributed by atoms with van der Waals surface area (Å²) < 4.78 is 6.06. The van der Waals surface area contributed by atoms with Crippen LogP contribution in [0, 0.1) is 5.41 Å². The lowest BCUT2D eigenvalue weighted by Crippen LogP contribution is -2.66. The normalized spacial score (nSPS) is 24.2. The third kappa shape index (κ3) is 1.19. The van der Waals surface area contributed by atoms with Crippen LogP contribution < -0.4 is 4.90 Å². The average Bonchev–Trinajstić information content (AvgIpc) is 2.29. The third-order valence-electron chi connectivity index (χ3n) is 2.53. The minimum atomic E-state index is 0.456. The second-order valence-electron chi connectivity index (χ2n) is 3.69. The van der Waals surface area contributed by atoms with Crippen LogP contribution in [0.15, 0.2) is 3.92 Å². The zero-order valence-corrected chi connectivity index (χ0v) is 9.27. The van der Waals surface area contributed by atoms with E-state index in [1.54, 1.807) is 11.3 Å². The molecule has 1 aromatic heterocycles. The van der Waals surface area contributed by atoms with Crippen molar-refractivity contribution in [2.45, 2.75) is 0 Å². The number of halogens is 1. The fourth-order valence-corrected chi connectivity index (χ4v) is 2.88. The topological polar surface area (TPSA) is 38.2 Å². The molecule has 6 heteroatoms. The Morgan fingerprint density at radius 3 is 2.62 bits per heavy atom. The molecule has 0 aromatic carbocycles. The predicted molar refractivity (Wildman–Crippen MR) is 53.1 cm³/mol. The highest BCUT2D eigenvalue weighted by atomic mass is 79.9. The lowest BCUT2D eigenvalue weighted by Gasteiger charge is -2.54. The summed E-state index contributed by atoms with van der Waals surface area (Å²) in [7, 11) is 0. The molecule has 0 N–H and O–H groups in total. The fraction of sp³-hybridized carbons (Fsp3) is 0.714. The Morgan fingerprint density at radius 2 is 2.15 bits per heavy atom. The smallest absolute Gasteiger partial charge is 0.209 e. The largest absolute Gasteiger partial charge is 0.380 e. The highest BCUT2D eigenvalue weighted by Crippen LogP contribution is 2.41. The van der Waals surface area contributed by atoms with Gasteiger partial charge in [0, 0.05) is 13.1 Å². The molecule has 1 aromatic rings. The second-order valence-corrected chi connectivity index (χ2v) is 5.92. The van der Waals surface area contributed by atoms with Crippen molar-refractivity contribution in [3.63, 3.8) is 0 Å². The fourth-order valence-electron chi connectivity index (χ4n) is 1.80. The summed E-state index contributed by atoms with van der Waals surface area (Å²) in [5, 5.41) is 9.01. The van der Waals surface area contributed by atoms with E-state index in [1.165, 1.54) is 0 Å². The number of anilines is 1. The molecule has 70 valence electrons. The van der Waals surface area contributed by atoms with Crippen LogP contribution in [-0.4, -0.2) is 36.5 Å². The molecular formula is C7H8BrN3OS. The minimum Gasteiger partial charge on any atom is -0.380 e. The van der Waals surface area contributed by atoms with Gasteiger partial charge in [0.25, 0.3) is 0 Å². The van der Waals surface area contributed by atoms with Crippen molar-refractivity contribution >= 4 is 32.4 Å². The van der Waals surface area contributed by atoms with Crippen LogP contribution in [0.2, 0.25) is 0 Å². The molecule has 2 aliphatic heterocycles. The van der Waals surface area contributed by atoms with Gasteiger partial charge >= 0.3 is 0 Å². The number of ether oxygens (including phenoxy) is 1. The van der Waals surface area contributed by atoms with Crippen LogP contribution >= 0.6 is 27.3 Å². The maximum atomic E-state index is 5.20. The van der Waals surface area contributed by atoms with Crippen molar-refractivity contribution in [2.24, 2.45) is 5.41 Å². The van der Waals surface area contributed by atoms with Gasteiger partial charge in [-0.05, 0) is 15.9 Å². The Bertz CT molecular complexity index is 330. The van der Waals surface area contributed by atoms with Gasteiger partial charge in [0.1, 0.15) is 0 Å². The number of hydrogen-bond acceptors (Lipinski definition) is 5. The van der Waals surface area contributed by atoms with Crippen molar-refractivity contribution < 1.29 is 4.74 Å². The first-order valence-corrected chi connectivity index (χ1v) is 5.70. The van der Waals surface area contributed by atoms with Gasteiger partial charge < -0.3 is 9.64 Å². The first kappa shape index (κ1) is 8.14. The molecule has 0 atom stereocenters. The molecule has 0 unspecified atom stereocenters. The SMILES string of the molecule is Brc1nnc(N2CC3(COC3)C2)s1. The van der Waals surface area contributed by atoms with Crippen LogP contribution in [0.3, 0.4) is 0 Å². The maximum absolute atomic E-state index is 5.20. The Kier molecular flexibility index (Phi) is 1.66. The summed E-state index contributed by atoms with van der Waals surface area (Å²) in [5.41, 5.74) is 0.456. The van der Waals surface area contributed by atoms with E-state index in [2.05, 4.69) is 31.0 Å². The molecule has 4 nitrogen and oxygen atoms in total. The van der Waals surface area contributed by atoms with Gasteiger partial charge in [0.05, 0.1) is 18.6 Å². The number of aromatic nitrogens is 2. The zero-order chi connectivity index (χ0) is 8.89. The van der Waals surface area contributed by atoms with Gasteiger partial charge in [-0.1, -0.05) is 11.3 Å². The second kappa shape index (κ2) is 2.65. The van der Waals surface area contributed by atoms with Crippen LogP contribution in [-0.2, 0) is 4.74 Å². The van der Waals surface area contributed by atoms with E-state index >= 15 is 0 Å².